The molecule has 3 rings (SSSR count). The van der Waals surface area contributed by atoms with Gasteiger partial charge in [-0.15, -0.1) is 5.10 Å². The highest BCUT2D eigenvalue weighted by molar-refractivity contribution is 6.30. The molecule has 1 heterocycles. The van der Waals surface area contributed by atoms with E-state index >= 15 is 0 Å². The fourth-order valence-electron chi connectivity index (χ4n) is 2.12. The number of para-hydroxylation sites is 1. The van der Waals surface area contributed by atoms with Gasteiger partial charge in [-0.1, -0.05) is 41.1 Å². The van der Waals surface area contributed by atoms with Gasteiger partial charge in [0, 0.05) is 11.6 Å². The summed E-state index contributed by atoms with van der Waals surface area (Å²) in [5, 5.41) is 8.91. The smallest absolute Gasteiger partial charge is 0.132 e. The molecule has 0 spiro atoms. The Balaban J connectivity index is 1.90. The lowest BCUT2D eigenvalue weighted by molar-refractivity contribution is 0.296. The minimum absolute atomic E-state index is 0.300. The zero-order chi connectivity index (χ0) is 15.4. The van der Waals surface area contributed by atoms with Gasteiger partial charge in [-0.3, -0.25) is 0 Å². The van der Waals surface area contributed by atoms with Crippen LogP contribution in [0.5, 0.6) is 5.75 Å². The highest BCUT2D eigenvalue weighted by atomic mass is 35.5. The van der Waals surface area contributed by atoms with E-state index in [-0.39, 0.29) is 0 Å². The molecule has 0 unspecified atom stereocenters. The zero-order valence-electron chi connectivity index (χ0n) is 11.8. The van der Waals surface area contributed by atoms with Crippen molar-refractivity contribution in [2.75, 3.05) is 0 Å². The normalized spacial score (nSPS) is 10.6. The molecule has 0 fully saturated rings. The molecule has 0 saturated heterocycles. The standard InChI is InChI=1S/C16H15ClN4O/c17-12-5-4-6-13(9-12)21-16(15(10-18)19-20-21)11-22-14-7-2-1-3-8-14/h1-9H,10-11,18H2. The van der Waals surface area contributed by atoms with Gasteiger partial charge in [0.2, 0.25) is 0 Å². The van der Waals surface area contributed by atoms with E-state index in [1.807, 2.05) is 54.6 Å². The van der Waals surface area contributed by atoms with Crippen molar-refractivity contribution >= 4 is 11.6 Å². The third-order valence-corrected chi connectivity index (χ3v) is 3.44. The number of rotatable bonds is 5. The molecule has 112 valence electrons. The van der Waals surface area contributed by atoms with Crippen LogP contribution in [0.1, 0.15) is 11.4 Å². The Morgan fingerprint density at radius 1 is 1.09 bits per heavy atom. The first kappa shape index (κ1) is 14.6. The number of halogens is 1. The van der Waals surface area contributed by atoms with Crippen molar-refractivity contribution in [3.63, 3.8) is 0 Å². The second-order valence-electron chi connectivity index (χ2n) is 4.68. The van der Waals surface area contributed by atoms with Gasteiger partial charge in [0.05, 0.1) is 5.69 Å². The summed E-state index contributed by atoms with van der Waals surface area (Å²) in [6, 6.07) is 17.0. The Kier molecular flexibility index (Phi) is 4.37. The third kappa shape index (κ3) is 3.10. The van der Waals surface area contributed by atoms with Gasteiger partial charge in [-0.05, 0) is 30.3 Å². The van der Waals surface area contributed by atoms with Crippen molar-refractivity contribution in [2.45, 2.75) is 13.2 Å². The van der Waals surface area contributed by atoms with Crippen molar-refractivity contribution in [3.8, 4) is 11.4 Å². The van der Waals surface area contributed by atoms with Crippen LogP contribution in [-0.4, -0.2) is 15.0 Å². The van der Waals surface area contributed by atoms with E-state index in [1.54, 1.807) is 4.68 Å². The SMILES string of the molecule is NCc1nnn(-c2cccc(Cl)c2)c1COc1ccccc1. The number of benzene rings is 2. The number of nitrogens with two attached hydrogens (primary N) is 1. The first-order chi connectivity index (χ1) is 10.8. The van der Waals surface area contributed by atoms with Crippen LogP contribution >= 0.6 is 11.6 Å². The van der Waals surface area contributed by atoms with Crippen molar-refractivity contribution in [3.05, 3.63) is 71.0 Å². The predicted molar refractivity (Wildman–Crippen MR) is 85.0 cm³/mol. The first-order valence-electron chi connectivity index (χ1n) is 6.85. The summed E-state index contributed by atoms with van der Waals surface area (Å²) in [6.45, 7) is 0.629. The summed E-state index contributed by atoms with van der Waals surface area (Å²) in [5.74, 6) is 0.782. The van der Waals surface area contributed by atoms with Crippen LogP contribution < -0.4 is 10.5 Å². The van der Waals surface area contributed by atoms with Crippen LogP contribution in [0.15, 0.2) is 54.6 Å². The monoisotopic (exact) mass is 314 g/mol. The van der Waals surface area contributed by atoms with Gasteiger partial charge in [-0.2, -0.15) is 0 Å². The molecule has 0 aliphatic heterocycles. The molecule has 0 saturated carbocycles. The molecule has 2 aromatic carbocycles. The van der Waals surface area contributed by atoms with E-state index in [0.29, 0.717) is 23.9 Å². The van der Waals surface area contributed by atoms with Gasteiger partial charge < -0.3 is 10.5 Å². The van der Waals surface area contributed by atoms with Crippen LogP contribution in [0, 0.1) is 0 Å². The number of ether oxygens (including phenoxy) is 1. The second-order valence-corrected chi connectivity index (χ2v) is 5.12. The Morgan fingerprint density at radius 3 is 2.64 bits per heavy atom. The van der Waals surface area contributed by atoms with E-state index in [4.69, 9.17) is 22.1 Å². The first-order valence-corrected chi connectivity index (χ1v) is 7.23. The van der Waals surface area contributed by atoms with Crippen LogP contribution in [0.2, 0.25) is 5.02 Å². The number of nitrogens with zero attached hydrogens (tertiary/aromatic N) is 3. The molecular formula is C16H15ClN4O. The minimum atomic E-state index is 0.300. The lowest BCUT2D eigenvalue weighted by Gasteiger charge is -2.10. The Hall–Kier alpha value is -2.37. The van der Waals surface area contributed by atoms with E-state index in [2.05, 4.69) is 10.3 Å². The molecule has 0 aliphatic rings. The fourth-order valence-corrected chi connectivity index (χ4v) is 2.30. The summed E-state index contributed by atoms with van der Waals surface area (Å²) >= 11 is 6.04. The van der Waals surface area contributed by atoms with Gasteiger partial charge in [0.1, 0.15) is 23.7 Å². The van der Waals surface area contributed by atoms with Crippen molar-refractivity contribution < 1.29 is 4.74 Å². The molecule has 6 heteroatoms. The highest BCUT2D eigenvalue weighted by Gasteiger charge is 2.14. The molecule has 0 amide bonds. The third-order valence-electron chi connectivity index (χ3n) is 3.21. The van der Waals surface area contributed by atoms with Crippen molar-refractivity contribution in [1.29, 1.82) is 0 Å². The summed E-state index contributed by atoms with van der Waals surface area (Å²) in [6.07, 6.45) is 0. The summed E-state index contributed by atoms with van der Waals surface area (Å²) in [5.41, 5.74) is 8.09. The Labute approximate surface area is 133 Å². The lowest BCUT2D eigenvalue weighted by atomic mass is 10.3. The van der Waals surface area contributed by atoms with Crippen LogP contribution in [0.3, 0.4) is 0 Å². The highest BCUT2D eigenvalue weighted by Crippen LogP contribution is 2.19. The second kappa shape index (κ2) is 6.60. The maximum Gasteiger partial charge on any atom is 0.132 e. The van der Waals surface area contributed by atoms with Gasteiger partial charge in [0.15, 0.2) is 0 Å². The molecule has 3 aromatic rings. The Bertz CT molecular complexity index is 758. The molecule has 0 radical (unpaired) electrons. The molecular weight excluding hydrogens is 300 g/mol. The van der Waals surface area contributed by atoms with Crippen molar-refractivity contribution in [2.24, 2.45) is 5.73 Å². The van der Waals surface area contributed by atoms with E-state index in [1.165, 1.54) is 0 Å². The zero-order valence-corrected chi connectivity index (χ0v) is 12.6. The topological polar surface area (TPSA) is 66.0 Å². The lowest BCUT2D eigenvalue weighted by Crippen LogP contribution is -2.09. The van der Waals surface area contributed by atoms with Gasteiger partial charge >= 0.3 is 0 Å². The quantitative estimate of drug-likeness (QED) is 0.786. The van der Waals surface area contributed by atoms with E-state index in [0.717, 1.165) is 17.1 Å². The molecule has 22 heavy (non-hydrogen) atoms. The number of hydrogen-bond donors (Lipinski definition) is 1. The molecule has 1 aromatic heterocycles. The summed E-state index contributed by atoms with van der Waals surface area (Å²) in [4.78, 5) is 0. The average Bonchev–Trinajstić information content (AvgIpc) is 2.97. The summed E-state index contributed by atoms with van der Waals surface area (Å²) < 4.78 is 7.50. The van der Waals surface area contributed by atoms with Crippen LogP contribution in [-0.2, 0) is 13.2 Å². The number of hydrogen-bond acceptors (Lipinski definition) is 4. The van der Waals surface area contributed by atoms with Gasteiger partial charge in [0.25, 0.3) is 0 Å². The molecule has 0 bridgehead atoms. The molecule has 0 atom stereocenters. The Morgan fingerprint density at radius 2 is 1.91 bits per heavy atom. The van der Waals surface area contributed by atoms with Crippen LogP contribution in [0.25, 0.3) is 5.69 Å². The molecule has 0 aliphatic carbocycles. The largest absolute Gasteiger partial charge is 0.487 e. The molecule has 5 nitrogen and oxygen atoms in total. The minimum Gasteiger partial charge on any atom is -0.487 e. The molecule has 2 N–H and O–H groups in total. The average molecular weight is 315 g/mol. The predicted octanol–water partition coefficient (Wildman–Crippen LogP) is 2.96. The van der Waals surface area contributed by atoms with Crippen molar-refractivity contribution in [1.82, 2.24) is 15.0 Å². The maximum absolute atomic E-state index is 6.04. The van der Waals surface area contributed by atoms with E-state index < -0.39 is 0 Å². The fraction of sp³-hybridized carbons (Fsp3) is 0.125. The maximum atomic E-state index is 6.04. The number of aromatic nitrogens is 3. The van der Waals surface area contributed by atoms with Crippen LogP contribution in [0.4, 0.5) is 0 Å². The summed E-state index contributed by atoms with van der Waals surface area (Å²) in [7, 11) is 0. The van der Waals surface area contributed by atoms with Gasteiger partial charge in [-0.25, -0.2) is 4.68 Å². The van der Waals surface area contributed by atoms with E-state index in [9.17, 15) is 0 Å².